The fourth-order valence-corrected chi connectivity index (χ4v) is 5.40. The summed E-state index contributed by atoms with van der Waals surface area (Å²) >= 11 is 0. The predicted molar refractivity (Wildman–Crippen MR) is 128 cm³/mol. The SMILES string of the molecule is CN=S(=O)(NCC(=O)CN1c2ccccc2CCc2ccccc21)c1ccc(OC(F)(F)F)cc1. The third-order valence-corrected chi connectivity index (χ3v) is 7.62. The number of halogens is 3. The van der Waals surface area contributed by atoms with Crippen LogP contribution >= 0.6 is 0 Å². The number of hydrogen-bond donors (Lipinski definition) is 1. The van der Waals surface area contributed by atoms with Gasteiger partial charge in [-0.05, 0) is 60.4 Å². The van der Waals surface area contributed by atoms with E-state index in [1.807, 2.05) is 53.4 Å². The molecule has 4 rings (SSSR count). The van der Waals surface area contributed by atoms with E-state index in [4.69, 9.17) is 0 Å². The summed E-state index contributed by atoms with van der Waals surface area (Å²) in [5.74, 6) is -0.654. The summed E-state index contributed by atoms with van der Waals surface area (Å²) in [6, 6.07) is 20.4. The van der Waals surface area contributed by atoms with E-state index < -0.39 is 22.0 Å². The average Bonchev–Trinajstić information content (AvgIpc) is 2.99. The van der Waals surface area contributed by atoms with Crippen LogP contribution in [0.2, 0.25) is 0 Å². The minimum absolute atomic E-state index is 0.0542. The van der Waals surface area contributed by atoms with Crippen LogP contribution in [0.1, 0.15) is 11.1 Å². The Bertz CT molecular complexity index is 1290. The number of nitrogens with one attached hydrogen (secondary N) is 1. The van der Waals surface area contributed by atoms with E-state index in [0.717, 1.165) is 47.5 Å². The van der Waals surface area contributed by atoms with Crippen LogP contribution in [-0.4, -0.2) is 36.5 Å². The Morgan fingerprint density at radius 1 is 0.971 bits per heavy atom. The zero-order chi connectivity index (χ0) is 25.1. The summed E-state index contributed by atoms with van der Waals surface area (Å²) in [7, 11) is -1.91. The molecule has 0 saturated carbocycles. The number of carbonyl (C=O) groups is 1. The van der Waals surface area contributed by atoms with Crippen molar-refractivity contribution in [2.24, 2.45) is 4.36 Å². The first kappa shape index (κ1) is 24.7. The second kappa shape index (κ2) is 10.1. The number of para-hydroxylation sites is 2. The molecular weight excluding hydrogens is 479 g/mol. The lowest BCUT2D eigenvalue weighted by molar-refractivity contribution is -0.274. The van der Waals surface area contributed by atoms with Gasteiger partial charge in [0.1, 0.15) is 15.7 Å². The average molecular weight is 504 g/mol. The first-order chi connectivity index (χ1) is 16.7. The third-order valence-electron chi connectivity index (χ3n) is 5.66. The van der Waals surface area contributed by atoms with Crippen molar-refractivity contribution in [1.29, 1.82) is 0 Å². The minimum atomic E-state index is -4.83. The summed E-state index contributed by atoms with van der Waals surface area (Å²) in [6.45, 7) is -0.184. The molecule has 0 fully saturated rings. The molecule has 6 nitrogen and oxygen atoms in total. The van der Waals surface area contributed by atoms with Crippen LogP contribution in [0.25, 0.3) is 0 Å². The number of anilines is 2. The standard InChI is InChI=1S/C25H24F3N3O3S/c1-29-35(33,22-14-12-21(13-15-22)34-25(26,27)28)30-16-20(32)17-31-23-8-4-2-6-18(23)10-11-19-7-3-5-9-24(19)31/h2-9,12-15H,10-11,16-17H2,1H3,(H,29,30,33). The van der Waals surface area contributed by atoms with E-state index in [1.54, 1.807) is 0 Å². The maximum Gasteiger partial charge on any atom is 0.573 e. The third kappa shape index (κ3) is 5.83. The Kier molecular flexibility index (Phi) is 7.13. The molecule has 0 aromatic heterocycles. The second-order valence-corrected chi connectivity index (χ2v) is 10.1. The van der Waals surface area contributed by atoms with Crippen LogP contribution in [0.4, 0.5) is 24.5 Å². The molecule has 1 heterocycles. The van der Waals surface area contributed by atoms with Gasteiger partial charge in [0.25, 0.3) is 0 Å². The lowest BCUT2D eigenvalue weighted by Crippen LogP contribution is -2.35. The molecular formula is C25H24F3N3O3S. The Hall–Kier alpha value is -3.37. The highest BCUT2D eigenvalue weighted by molar-refractivity contribution is 7.91. The van der Waals surface area contributed by atoms with E-state index in [2.05, 4.69) is 13.8 Å². The molecule has 10 heteroatoms. The number of benzene rings is 3. The molecule has 3 aromatic rings. The first-order valence-corrected chi connectivity index (χ1v) is 12.4. The fraction of sp³-hybridized carbons (Fsp3) is 0.240. The molecule has 0 saturated heterocycles. The molecule has 1 aliphatic heterocycles. The van der Waals surface area contributed by atoms with Crippen LogP contribution in [0.15, 0.2) is 82.1 Å². The van der Waals surface area contributed by atoms with Crippen molar-refractivity contribution < 1.29 is 26.9 Å². The lowest BCUT2D eigenvalue weighted by atomic mass is 10.0. The Labute approximate surface area is 202 Å². The molecule has 184 valence electrons. The number of nitrogens with zero attached hydrogens (tertiary/aromatic N) is 2. The Balaban J connectivity index is 1.50. The Morgan fingerprint density at radius 3 is 2.03 bits per heavy atom. The largest absolute Gasteiger partial charge is 0.573 e. The quantitative estimate of drug-likeness (QED) is 0.490. The van der Waals surface area contributed by atoms with E-state index in [9.17, 15) is 22.2 Å². The van der Waals surface area contributed by atoms with Crippen LogP contribution in [0.5, 0.6) is 5.75 Å². The maximum atomic E-state index is 13.3. The normalized spacial score (nSPS) is 14.8. The molecule has 1 aliphatic rings. The number of rotatable bonds is 7. The molecule has 0 amide bonds. The second-order valence-electron chi connectivity index (χ2n) is 7.93. The molecule has 1 atom stereocenters. The van der Waals surface area contributed by atoms with Gasteiger partial charge in [-0.1, -0.05) is 36.4 Å². The number of alkyl halides is 3. The van der Waals surface area contributed by atoms with Crippen molar-refractivity contribution in [3.8, 4) is 5.75 Å². The zero-order valence-electron chi connectivity index (χ0n) is 18.9. The van der Waals surface area contributed by atoms with Gasteiger partial charge in [0, 0.05) is 18.4 Å². The summed E-state index contributed by atoms with van der Waals surface area (Å²) in [6.07, 6.45) is -3.12. The van der Waals surface area contributed by atoms with Crippen molar-refractivity contribution in [1.82, 2.24) is 4.72 Å². The number of ether oxygens (including phenoxy) is 1. The topological polar surface area (TPSA) is 71.0 Å². The Morgan fingerprint density at radius 2 is 1.51 bits per heavy atom. The van der Waals surface area contributed by atoms with Gasteiger partial charge < -0.3 is 9.64 Å². The molecule has 1 unspecified atom stereocenters. The van der Waals surface area contributed by atoms with Crippen LogP contribution in [0.3, 0.4) is 0 Å². The molecule has 3 aromatic carbocycles. The van der Waals surface area contributed by atoms with Gasteiger partial charge in [-0.2, -0.15) is 0 Å². The smallest absolute Gasteiger partial charge is 0.406 e. The van der Waals surface area contributed by atoms with Gasteiger partial charge in [0.2, 0.25) is 0 Å². The number of carbonyl (C=O) groups excluding carboxylic acids is 1. The van der Waals surface area contributed by atoms with E-state index in [1.165, 1.54) is 19.2 Å². The molecule has 0 aliphatic carbocycles. The fourth-order valence-electron chi connectivity index (χ4n) is 4.03. The first-order valence-electron chi connectivity index (χ1n) is 10.9. The summed E-state index contributed by atoms with van der Waals surface area (Å²) in [5.41, 5.74) is 4.18. The zero-order valence-corrected chi connectivity index (χ0v) is 19.7. The minimum Gasteiger partial charge on any atom is -0.406 e. The van der Waals surface area contributed by atoms with Gasteiger partial charge in [-0.15, -0.1) is 13.2 Å². The number of Topliss-reactive ketones (excluding diaryl/α,β-unsaturated/α-hetero) is 1. The van der Waals surface area contributed by atoms with Crippen molar-refractivity contribution in [3.05, 3.63) is 83.9 Å². The van der Waals surface area contributed by atoms with E-state index in [-0.39, 0.29) is 23.8 Å². The van der Waals surface area contributed by atoms with Crippen molar-refractivity contribution in [2.45, 2.75) is 24.1 Å². The highest BCUT2D eigenvalue weighted by atomic mass is 32.2. The number of hydrogen-bond acceptors (Lipinski definition) is 5. The van der Waals surface area contributed by atoms with Gasteiger partial charge in [0.15, 0.2) is 5.78 Å². The van der Waals surface area contributed by atoms with E-state index in [0.29, 0.717) is 0 Å². The van der Waals surface area contributed by atoms with Crippen LogP contribution in [-0.2, 0) is 27.6 Å². The highest BCUT2D eigenvalue weighted by Gasteiger charge is 2.31. The molecule has 0 spiro atoms. The van der Waals surface area contributed by atoms with Crippen molar-refractivity contribution in [3.63, 3.8) is 0 Å². The highest BCUT2D eigenvalue weighted by Crippen LogP contribution is 2.35. The lowest BCUT2D eigenvalue weighted by Gasteiger charge is -2.26. The van der Waals surface area contributed by atoms with E-state index >= 15 is 0 Å². The van der Waals surface area contributed by atoms with Gasteiger partial charge in [-0.25, -0.2) is 13.3 Å². The van der Waals surface area contributed by atoms with Crippen molar-refractivity contribution >= 4 is 27.1 Å². The molecule has 0 radical (unpaired) electrons. The van der Waals surface area contributed by atoms with Crippen LogP contribution < -0.4 is 14.4 Å². The molecule has 0 bridgehead atoms. The molecule has 1 N–H and O–H groups in total. The molecule has 35 heavy (non-hydrogen) atoms. The summed E-state index contributed by atoms with van der Waals surface area (Å²) < 4.78 is 60.9. The monoisotopic (exact) mass is 503 g/mol. The van der Waals surface area contributed by atoms with Gasteiger partial charge >= 0.3 is 6.36 Å². The predicted octanol–water partition coefficient (Wildman–Crippen LogP) is 5.05. The number of fused-ring (bicyclic) bond motifs is 2. The number of aryl methyl sites for hydroxylation is 2. The van der Waals surface area contributed by atoms with Gasteiger partial charge in [0.05, 0.1) is 18.0 Å². The summed E-state index contributed by atoms with van der Waals surface area (Å²) in [4.78, 5) is 15.1. The van der Waals surface area contributed by atoms with Crippen molar-refractivity contribution in [2.75, 3.05) is 25.0 Å². The van der Waals surface area contributed by atoms with Crippen LogP contribution in [0, 0.1) is 0 Å². The maximum absolute atomic E-state index is 13.3. The summed E-state index contributed by atoms with van der Waals surface area (Å²) in [5, 5.41) is 0. The number of ketones is 1. The van der Waals surface area contributed by atoms with Gasteiger partial charge in [-0.3, -0.25) is 4.79 Å².